The number of anilines is 2. The van der Waals surface area contributed by atoms with Crippen LogP contribution in [0.2, 0.25) is 0 Å². The summed E-state index contributed by atoms with van der Waals surface area (Å²) in [5.41, 5.74) is 1.32. The van der Waals surface area contributed by atoms with E-state index in [2.05, 4.69) is 15.4 Å². The molecule has 0 aliphatic rings. The van der Waals surface area contributed by atoms with E-state index in [0.717, 1.165) is 6.07 Å². The number of benzene rings is 2. The molecule has 0 spiro atoms. The predicted molar refractivity (Wildman–Crippen MR) is 84.1 cm³/mol. The first kappa shape index (κ1) is 17.0. The fourth-order valence-corrected chi connectivity index (χ4v) is 2.02. The molecule has 3 nitrogen and oxygen atoms in total. The summed E-state index contributed by atoms with van der Waals surface area (Å²) in [5, 5.41) is 5.70. The zero-order chi connectivity index (χ0) is 17.0. The number of halogens is 4. The Labute approximate surface area is 135 Å². The van der Waals surface area contributed by atoms with Crippen molar-refractivity contribution in [3.8, 4) is 5.75 Å². The van der Waals surface area contributed by atoms with E-state index in [1.165, 1.54) is 30.3 Å². The van der Waals surface area contributed by atoms with Crippen molar-refractivity contribution in [2.75, 3.05) is 10.6 Å². The summed E-state index contributed by atoms with van der Waals surface area (Å²) in [6.07, 6.45) is -4.76. The average molecular weight is 344 g/mol. The van der Waals surface area contributed by atoms with E-state index < -0.39 is 6.36 Å². The molecule has 8 heteroatoms. The first-order valence-corrected chi connectivity index (χ1v) is 6.84. The Balaban J connectivity index is 2.02. The Kier molecular flexibility index (Phi) is 5.05. The molecule has 0 aliphatic carbocycles. The van der Waals surface area contributed by atoms with Crippen molar-refractivity contribution in [1.29, 1.82) is 0 Å². The summed E-state index contributed by atoms with van der Waals surface area (Å²) < 4.78 is 53.6. The second kappa shape index (κ2) is 6.82. The number of aryl methyl sites for hydroxylation is 1. The molecular formula is C15H12F4N2OS. The summed E-state index contributed by atoms with van der Waals surface area (Å²) >= 11 is 5.07. The van der Waals surface area contributed by atoms with Crippen molar-refractivity contribution >= 4 is 28.7 Å². The van der Waals surface area contributed by atoms with Gasteiger partial charge in [0.05, 0.1) is 0 Å². The van der Waals surface area contributed by atoms with E-state index in [-0.39, 0.29) is 16.7 Å². The van der Waals surface area contributed by atoms with E-state index in [4.69, 9.17) is 12.2 Å². The molecule has 0 aromatic heterocycles. The molecule has 122 valence electrons. The molecule has 2 aromatic rings. The third-order valence-electron chi connectivity index (χ3n) is 2.74. The standard InChI is InChI=1S/C15H12F4N2OS/c1-9-7-11(5-6-13(9)16)21-14(23)20-10-3-2-4-12(8-10)22-15(17,18)19/h2-8H,1H3,(H2,20,21,23). The van der Waals surface area contributed by atoms with Crippen molar-refractivity contribution in [3.05, 3.63) is 53.8 Å². The lowest BCUT2D eigenvalue weighted by Gasteiger charge is -2.13. The van der Waals surface area contributed by atoms with Gasteiger partial charge in [-0.15, -0.1) is 13.2 Å². The highest BCUT2D eigenvalue weighted by Gasteiger charge is 2.31. The van der Waals surface area contributed by atoms with Crippen LogP contribution in [-0.2, 0) is 0 Å². The predicted octanol–water partition coefficient (Wildman–Crippen LogP) is 4.84. The fourth-order valence-electron chi connectivity index (χ4n) is 1.79. The molecule has 23 heavy (non-hydrogen) atoms. The largest absolute Gasteiger partial charge is 0.573 e. The van der Waals surface area contributed by atoms with Crippen LogP contribution in [0.4, 0.5) is 28.9 Å². The topological polar surface area (TPSA) is 33.3 Å². The lowest BCUT2D eigenvalue weighted by atomic mass is 10.2. The first-order valence-electron chi connectivity index (χ1n) is 6.43. The maximum atomic E-state index is 13.2. The smallest absolute Gasteiger partial charge is 0.406 e. The van der Waals surface area contributed by atoms with Crippen molar-refractivity contribution in [2.45, 2.75) is 13.3 Å². The first-order chi connectivity index (χ1) is 10.7. The Bertz CT molecular complexity index is 719. The molecule has 0 unspecified atom stereocenters. The lowest BCUT2D eigenvalue weighted by molar-refractivity contribution is -0.274. The molecule has 0 amide bonds. The molecule has 2 N–H and O–H groups in total. The number of ether oxygens (including phenoxy) is 1. The molecule has 0 aliphatic heterocycles. The van der Waals surface area contributed by atoms with Gasteiger partial charge in [-0.2, -0.15) is 0 Å². The van der Waals surface area contributed by atoms with E-state index in [0.29, 0.717) is 16.9 Å². The zero-order valence-electron chi connectivity index (χ0n) is 11.9. The van der Waals surface area contributed by atoms with Crippen LogP contribution < -0.4 is 15.4 Å². The molecule has 0 fully saturated rings. The minimum absolute atomic E-state index is 0.153. The van der Waals surface area contributed by atoms with Crippen molar-refractivity contribution in [2.24, 2.45) is 0 Å². The summed E-state index contributed by atoms with van der Waals surface area (Å²) in [5.74, 6) is -0.700. The van der Waals surface area contributed by atoms with Gasteiger partial charge in [-0.05, 0) is 55.0 Å². The third-order valence-corrected chi connectivity index (χ3v) is 2.95. The Hall–Kier alpha value is -2.35. The van der Waals surface area contributed by atoms with Crippen molar-refractivity contribution in [1.82, 2.24) is 0 Å². The van der Waals surface area contributed by atoms with Gasteiger partial charge < -0.3 is 15.4 Å². The van der Waals surface area contributed by atoms with Gasteiger partial charge in [0.2, 0.25) is 0 Å². The van der Waals surface area contributed by atoms with Crippen LogP contribution in [0.25, 0.3) is 0 Å². The number of hydrogen-bond donors (Lipinski definition) is 2. The van der Waals surface area contributed by atoms with Gasteiger partial charge >= 0.3 is 6.36 Å². The Morgan fingerprint density at radius 2 is 1.70 bits per heavy atom. The maximum Gasteiger partial charge on any atom is 0.573 e. The maximum absolute atomic E-state index is 13.2. The van der Waals surface area contributed by atoms with Crippen molar-refractivity contribution < 1.29 is 22.3 Å². The van der Waals surface area contributed by atoms with Gasteiger partial charge in [0.1, 0.15) is 11.6 Å². The van der Waals surface area contributed by atoms with Crippen LogP contribution in [0.5, 0.6) is 5.75 Å². The van der Waals surface area contributed by atoms with Gasteiger partial charge in [-0.25, -0.2) is 4.39 Å². The lowest BCUT2D eigenvalue weighted by Crippen LogP contribution is -2.20. The summed E-state index contributed by atoms with van der Waals surface area (Å²) in [6.45, 7) is 1.61. The average Bonchev–Trinajstić information content (AvgIpc) is 2.41. The molecule has 2 rings (SSSR count). The van der Waals surface area contributed by atoms with Gasteiger partial charge in [-0.3, -0.25) is 0 Å². The highest BCUT2D eigenvalue weighted by molar-refractivity contribution is 7.80. The van der Waals surface area contributed by atoms with E-state index in [1.807, 2.05) is 0 Å². The monoisotopic (exact) mass is 344 g/mol. The number of thiocarbonyl (C=S) groups is 1. The van der Waals surface area contributed by atoms with Gasteiger partial charge in [0.25, 0.3) is 0 Å². The molecule has 0 saturated heterocycles. The van der Waals surface area contributed by atoms with Crippen molar-refractivity contribution in [3.63, 3.8) is 0 Å². The van der Waals surface area contributed by atoms with Gasteiger partial charge in [0, 0.05) is 17.4 Å². The fraction of sp³-hybridized carbons (Fsp3) is 0.133. The zero-order valence-corrected chi connectivity index (χ0v) is 12.7. The number of hydrogen-bond acceptors (Lipinski definition) is 2. The summed E-state index contributed by atoms with van der Waals surface area (Å²) in [7, 11) is 0. The number of alkyl halides is 3. The molecular weight excluding hydrogens is 332 g/mol. The van der Waals surface area contributed by atoms with Crippen LogP contribution in [-0.4, -0.2) is 11.5 Å². The highest BCUT2D eigenvalue weighted by atomic mass is 32.1. The summed E-state index contributed by atoms with van der Waals surface area (Å²) in [4.78, 5) is 0. The minimum Gasteiger partial charge on any atom is -0.406 e. The van der Waals surface area contributed by atoms with Crippen LogP contribution >= 0.6 is 12.2 Å². The van der Waals surface area contributed by atoms with E-state index >= 15 is 0 Å². The Morgan fingerprint density at radius 1 is 1.04 bits per heavy atom. The number of rotatable bonds is 3. The normalized spacial score (nSPS) is 11.0. The second-order valence-corrected chi connectivity index (χ2v) is 5.03. The molecule has 0 heterocycles. The van der Waals surface area contributed by atoms with E-state index in [9.17, 15) is 17.6 Å². The third kappa shape index (κ3) is 5.41. The van der Waals surface area contributed by atoms with Crippen LogP contribution in [0.3, 0.4) is 0 Å². The van der Waals surface area contributed by atoms with E-state index in [1.54, 1.807) is 13.0 Å². The Morgan fingerprint density at radius 3 is 2.30 bits per heavy atom. The molecule has 0 atom stereocenters. The molecule has 0 radical (unpaired) electrons. The second-order valence-electron chi connectivity index (χ2n) is 4.62. The SMILES string of the molecule is Cc1cc(NC(=S)Nc2cccc(OC(F)(F)F)c2)ccc1F. The molecule has 2 aromatic carbocycles. The van der Waals surface area contributed by atoms with Gasteiger partial charge in [-0.1, -0.05) is 6.07 Å². The van der Waals surface area contributed by atoms with Crippen LogP contribution in [0.15, 0.2) is 42.5 Å². The van der Waals surface area contributed by atoms with Crippen LogP contribution in [0, 0.1) is 12.7 Å². The quantitative estimate of drug-likeness (QED) is 0.616. The highest BCUT2D eigenvalue weighted by Crippen LogP contribution is 2.25. The van der Waals surface area contributed by atoms with Gasteiger partial charge in [0.15, 0.2) is 5.11 Å². The molecule has 0 bridgehead atoms. The molecule has 0 saturated carbocycles. The number of nitrogens with one attached hydrogen (secondary N) is 2. The minimum atomic E-state index is -4.76. The van der Waals surface area contributed by atoms with Crippen LogP contribution in [0.1, 0.15) is 5.56 Å². The summed E-state index contributed by atoms with van der Waals surface area (Å²) in [6, 6.07) is 9.63.